The number of halogens is 3. The number of nitrogens with zero attached hydrogens (tertiary/aromatic N) is 2. The van der Waals surface area contributed by atoms with Gasteiger partial charge in [-0.15, -0.1) is 0 Å². The molecule has 1 aliphatic carbocycles. The molecule has 2 unspecified atom stereocenters. The van der Waals surface area contributed by atoms with Crippen molar-refractivity contribution in [3.8, 4) is 0 Å². The van der Waals surface area contributed by atoms with Crippen molar-refractivity contribution in [1.29, 1.82) is 0 Å². The van der Waals surface area contributed by atoms with Gasteiger partial charge in [0.1, 0.15) is 0 Å². The molecule has 0 aromatic rings. The van der Waals surface area contributed by atoms with Gasteiger partial charge < -0.3 is 4.90 Å². The predicted molar refractivity (Wildman–Crippen MR) is 65.6 cm³/mol. The molecule has 2 aliphatic rings. The fourth-order valence-electron chi connectivity index (χ4n) is 2.67. The zero-order valence-corrected chi connectivity index (χ0v) is 11.6. The number of rotatable bonds is 1. The minimum atomic E-state index is -4.07. The summed E-state index contributed by atoms with van der Waals surface area (Å²) >= 11 is 0. The van der Waals surface area contributed by atoms with Crippen LogP contribution in [0.3, 0.4) is 0 Å². The van der Waals surface area contributed by atoms with E-state index in [1.54, 1.807) is 4.90 Å². The molecule has 0 aromatic heterocycles. The number of carbonyl (C=O) groups excluding carboxylic acids is 1. The average Bonchev–Trinajstić information content (AvgIpc) is 3.06. The molecular weight excluding hydrogens is 257 g/mol. The zero-order valence-electron chi connectivity index (χ0n) is 11.6. The molecule has 1 aliphatic heterocycles. The molecule has 1 amide bonds. The van der Waals surface area contributed by atoms with Crippen LogP contribution in [0.25, 0.3) is 0 Å². The van der Waals surface area contributed by atoms with Crippen molar-refractivity contribution in [2.45, 2.75) is 39.4 Å². The monoisotopic (exact) mass is 278 g/mol. The van der Waals surface area contributed by atoms with Crippen LogP contribution in [0.2, 0.25) is 0 Å². The second kappa shape index (κ2) is 4.65. The van der Waals surface area contributed by atoms with E-state index in [1.807, 2.05) is 25.7 Å². The average molecular weight is 278 g/mol. The third-order valence-corrected chi connectivity index (χ3v) is 3.89. The van der Waals surface area contributed by atoms with E-state index in [4.69, 9.17) is 0 Å². The van der Waals surface area contributed by atoms with E-state index >= 15 is 0 Å². The van der Waals surface area contributed by atoms with Gasteiger partial charge in [0, 0.05) is 37.6 Å². The van der Waals surface area contributed by atoms with Crippen molar-refractivity contribution in [3.05, 3.63) is 0 Å². The normalized spacial score (nSPS) is 29.5. The van der Waals surface area contributed by atoms with Gasteiger partial charge in [-0.1, -0.05) is 20.8 Å². The highest BCUT2D eigenvalue weighted by Crippen LogP contribution is 2.47. The third-order valence-electron chi connectivity index (χ3n) is 3.89. The topological polar surface area (TPSA) is 23.6 Å². The van der Waals surface area contributed by atoms with E-state index in [0.717, 1.165) is 0 Å². The molecule has 110 valence electrons. The first-order valence-electron chi connectivity index (χ1n) is 6.71. The summed E-state index contributed by atoms with van der Waals surface area (Å²) in [6, 6.07) is -0.355. The van der Waals surface area contributed by atoms with Crippen LogP contribution in [0.15, 0.2) is 0 Å². The van der Waals surface area contributed by atoms with Crippen LogP contribution in [0.4, 0.5) is 13.2 Å². The van der Waals surface area contributed by atoms with E-state index in [1.165, 1.54) is 0 Å². The molecule has 2 rings (SSSR count). The highest BCUT2D eigenvalue weighted by Gasteiger charge is 2.58. The minimum Gasteiger partial charge on any atom is -0.340 e. The van der Waals surface area contributed by atoms with Gasteiger partial charge in [-0.05, 0) is 6.42 Å². The summed E-state index contributed by atoms with van der Waals surface area (Å²) in [6.07, 6.45) is -3.85. The molecule has 0 N–H and O–H groups in total. The van der Waals surface area contributed by atoms with Gasteiger partial charge in [0.25, 0.3) is 0 Å². The number of carbonyl (C=O) groups is 1. The molecule has 1 heterocycles. The molecule has 0 spiro atoms. The van der Waals surface area contributed by atoms with Crippen molar-refractivity contribution in [1.82, 2.24) is 9.80 Å². The van der Waals surface area contributed by atoms with Crippen LogP contribution in [0, 0.1) is 11.3 Å². The standard InChI is InChI=1S/C13H21F3N2O/c1-12(2,3)11(19)18-6-4-17(5-7-18)10-8-9(10)13(14,15)16/h9-10H,4-8H2,1-3H3. The Bertz CT molecular complexity index is 354. The van der Waals surface area contributed by atoms with Crippen molar-refractivity contribution >= 4 is 5.91 Å². The van der Waals surface area contributed by atoms with Crippen LogP contribution in [0.1, 0.15) is 27.2 Å². The molecule has 2 atom stereocenters. The lowest BCUT2D eigenvalue weighted by Gasteiger charge is -2.38. The molecule has 2 fully saturated rings. The molecule has 19 heavy (non-hydrogen) atoms. The number of hydrogen-bond acceptors (Lipinski definition) is 2. The highest BCUT2D eigenvalue weighted by atomic mass is 19.4. The third kappa shape index (κ3) is 3.22. The zero-order chi connectivity index (χ0) is 14.4. The van der Waals surface area contributed by atoms with Crippen molar-refractivity contribution in [3.63, 3.8) is 0 Å². The molecule has 3 nitrogen and oxygen atoms in total. The van der Waals surface area contributed by atoms with Crippen LogP contribution in [0.5, 0.6) is 0 Å². The summed E-state index contributed by atoms with van der Waals surface area (Å²) in [7, 11) is 0. The number of amides is 1. The maximum absolute atomic E-state index is 12.5. The van der Waals surface area contributed by atoms with E-state index in [-0.39, 0.29) is 18.4 Å². The fraction of sp³-hybridized carbons (Fsp3) is 0.923. The Labute approximate surface area is 111 Å². The Morgan fingerprint density at radius 2 is 1.58 bits per heavy atom. The molecule has 1 saturated carbocycles. The van der Waals surface area contributed by atoms with Crippen LogP contribution in [-0.4, -0.2) is 54.1 Å². The molecule has 6 heteroatoms. The summed E-state index contributed by atoms with van der Waals surface area (Å²) in [5, 5.41) is 0. The van der Waals surface area contributed by atoms with Crippen LogP contribution >= 0.6 is 0 Å². The first-order valence-corrected chi connectivity index (χ1v) is 6.71. The second-order valence-corrected chi connectivity index (χ2v) is 6.53. The summed E-state index contributed by atoms with van der Waals surface area (Å²) in [4.78, 5) is 15.7. The predicted octanol–water partition coefficient (Wildman–Crippen LogP) is 2.13. The van der Waals surface area contributed by atoms with Gasteiger partial charge in [0.15, 0.2) is 0 Å². The molecule has 1 saturated heterocycles. The largest absolute Gasteiger partial charge is 0.393 e. The summed E-state index contributed by atoms with van der Waals surface area (Å²) < 4.78 is 37.5. The quantitative estimate of drug-likeness (QED) is 0.733. The van der Waals surface area contributed by atoms with Crippen molar-refractivity contribution < 1.29 is 18.0 Å². The Balaban J connectivity index is 1.83. The van der Waals surface area contributed by atoms with Crippen LogP contribution in [-0.2, 0) is 4.79 Å². The van der Waals surface area contributed by atoms with Gasteiger partial charge in [-0.25, -0.2) is 0 Å². The molecule has 0 bridgehead atoms. The van der Waals surface area contributed by atoms with Crippen LogP contribution < -0.4 is 0 Å². The Hall–Kier alpha value is -0.780. The number of alkyl halides is 3. The Morgan fingerprint density at radius 3 is 1.95 bits per heavy atom. The lowest BCUT2D eigenvalue weighted by atomic mass is 9.94. The smallest absolute Gasteiger partial charge is 0.340 e. The molecular formula is C13H21F3N2O. The Morgan fingerprint density at radius 1 is 1.05 bits per heavy atom. The summed E-state index contributed by atoms with van der Waals surface area (Å²) in [5.41, 5.74) is -0.420. The minimum absolute atomic E-state index is 0.0790. The molecule has 0 aromatic carbocycles. The Kier molecular flexibility index (Phi) is 3.58. The van der Waals surface area contributed by atoms with E-state index in [2.05, 4.69) is 0 Å². The maximum Gasteiger partial charge on any atom is 0.393 e. The highest BCUT2D eigenvalue weighted by molar-refractivity contribution is 5.81. The van der Waals surface area contributed by atoms with Gasteiger partial charge in [0.2, 0.25) is 5.91 Å². The van der Waals surface area contributed by atoms with E-state index in [9.17, 15) is 18.0 Å². The maximum atomic E-state index is 12.5. The van der Waals surface area contributed by atoms with E-state index in [0.29, 0.717) is 26.2 Å². The number of piperazine rings is 1. The number of hydrogen-bond donors (Lipinski definition) is 0. The van der Waals surface area contributed by atoms with E-state index < -0.39 is 17.5 Å². The van der Waals surface area contributed by atoms with Gasteiger partial charge >= 0.3 is 6.18 Å². The van der Waals surface area contributed by atoms with Crippen molar-refractivity contribution in [2.75, 3.05) is 26.2 Å². The lowest BCUT2D eigenvalue weighted by molar-refractivity contribution is -0.154. The lowest BCUT2D eigenvalue weighted by Crippen LogP contribution is -2.52. The first kappa shape index (κ1) is 14.6. The van der Waals surface area contributed by atoms with Gasteiger partial charge in [0.05, 0.1) is 5.92 Å². The van der Waals surface area contributed by atoms with Gasteiger partial charge in [-0.3, -0.25) is 9.69 Å². The summed E-state index contributed by atoms with van der Waals surface area (Å²) in [5.74, 6) is -1.08. The van der Waals surface area contributed by atoms with Gasteiger partial charge in [-0.2, -0.15) is 13.2 Å². The first-order chi connectivity index (χ1) is 8.60. The van der Waals surface area contributed by atoms with Crippen molar-refractivity contribution in [2.24, 2.45) is 11.3 Å². The summed E-state index contributed by atoms with van der Waals surface area (Å²) in [6.45, 7) is 7.78. The second-order valence-electron chi connectivity index (χ2n) is 6.53. The fourth-order valence-corrected chi connectivity index (χ4v) is 2.67. The SMILES string of the molecule is CC(C)(C)C(=O)N1CCN(C2CC2C(F)(F)F)CC1. The molecule has 0 radical (unpaired) electrons.